The Morgan fingerprint density at radius 1 is 0.654 bits per heavy atom. The molecule has 3 atom stereocenters. The van der Waals surface area contributed by atoms with Crippen molar-refractivity contribution in [2.45, 2.75) is 194 Å². The molecule has 0 aromatic rings. The number of nitrogens with zero attached hydrogens (tertiary/aromatic N) is 1. The van der Waals surface area contributed by atoms with E-state index < -0.39 is 26.5 Å². The highest BCUT2D eigenvalue weighted by Gasteiger charge is 2.23. The van der Waals surface area contributed by atoms with Gasteiger partial charge in [0.05, 0.1) is 33.7 Å². The summed E-state index contributed by atoms with van der Waals surface area (Å²) in [5.41, 5.74) is 0. The number of rotatable bonds is 38. The molecule has 0 aromatic heterocycles. The maximum atomic E-state index is 12.8. The van der Waals surface area contributed by atoms with Crippen molar-refractivity contribution in [2.24, 2.45) is 5.92 Å². The fourth-order valence-corrected chi connectivity index (χ4v) is 6.62. The van der Waals surface area contributed by atoms with E-state index in [1.165, 1.54) is 103 Å². The van der Waals surface area contributed by atoms with Crippen molar-refractivity contribution in [3.63, 3.8) is 0 Å². The molecule has 0 rings (SSSR count). The van der Waals surface area contributed by atoms with Crippen molar-refractivity contribution in [2.75, 3.05) is 47.5 Å². The number of hydrogen-bond donors (Lipinski definition) is 0. The first-order valence-electron chi connectivity index (χ1n) is 21.3. The summed E-state index contributed by atoms with van der Waals surface area (Å²) in [4.78, 5) is 37.8. The van der Waals surface area contributed by atoms with Gasteiger partial charge in [0.15, 0.2) is 6.10 Å². The first-order valence-corrected chi connectivity index (χ1v) is 22.8. The van der Waals surface area contributed by atoms with Crippen LogP contribution < -0.4 is 4.89 Å². The predicted octanol–water partition coefficient (Wildman–Crippen LogP) is 11.0. The molecule has 0 N–H and O–H groups in total. The monoisotopic (exact) mass is 760 g/mol. The fraction of sp³-hybridized carbons (Fsp3) is 0.905. The zero-order chi connectivity index (χ0) is 38.8. The molecule has 9 nitrogen and oxygen atoms in total. The number of quaternary nitrogens is 1. The van der Waals surface area contributed by atoms with Gasteiger partial charge < -0.3 is 27.9 Å². The zero-order valence-corrected chi connectivity index (χ0v) is 35.6. The first kappa shape index (κ1) is 50.8. The lowest BCUT2D eigenvalue weighted by Crippen LogP contribution is -2.37. The summed E-state index contributed by atoms with van der Waals surface area (Å²) >= 11 is 0. The summed E-state index contributed by atoms with van der Waals surface area (Å²) in [5, 5.41) is 0. The second-order valence-electron chi connectivity index (χ2n) is 15.9. The minimum Gasteiger partial charge on any atom is -0.756 e. The quantitative estimate of drug-likeness (QED) is 0.0201. The normalized spacial score (nSPS) is 14.4. The third-order valence-corrected chi connectivity index (χ3v) is 10.4. The molecule has 308 valence electrons. The van der Waals surface area contributed by atoms with Gasteiger partial charge in [-0.1, -0.05) is 155 Å². The van der Waals surface area contributed by atoms with Crippen LogP contribution in [0.3, 0.4) is 0 Å². The van der Waals surface area contributed by atoms with Crippen LogP contribution in [0.2, 0.25) is 0 Å². The van der Waals surface area contributed by atoms with Crippen molar-refractivity contribution in [1.82, 2.24) is 0 Å². The molecule has 0 saturated carbocycles. The molecule has 0 aliphatic heterocycles. The zero-order valence-electron chi connectivity index (χ0n) is 34.7. The Bertz CT molecular complexity index is 922. The minimum absolute atomic E-state index is 0.0320. The second-order valence-corrected chi connectivity index (χ2v) is 17.3. The van der Waals surface area contributed by atoms with Gasteiger partial charge in [-0.05, 0) is 38.5 Å². The maximum Gasteiger partial charge on any atom is 0.308 e. The number of phosphoric ester groups is 1. The van der Waals surface area contributed by atoms with E-state index in [0.717, 1.165) is 51.4 Å². The Morgan fingerprint density at radius 2 is 1.12 bits per heavy atom. The number of ether oxygens (including phenoxy) is 2. The number of carbonyl (C=O) groups is 2. The summed E-state index contributed by atoms with van der Waals surface area (Å²) in [6, 6.07) is 0. The smallest absolute Gasteiger partial charge is 0.308 e. The highest BCUT2D eigenvalue weighted by atomic mass is 31.2. The van der Waals surface area contributed by atoms with Crippen LogP contribution in [0, 0.1) is 5.92 Å². The van der Waals surface area contributed by atoms with Crippen LogP contribution in [0.25, 0.3) is 0 Å². The van der Waals surface area contributed by atoms with E-state index in [9.17, 15) is 19.0 Å². The number of carbonyl (C=O) groups excluding carboxylic acids is 2. The Morgan fingerprint density at radius 3 is 1.62 bits per heavy atom. The topological polar surface area (TPSA) is 111 Å². The van der Waals surface area contributed by atoms with Gasteiger partial charge in [-0.2, -0.15) is 0 Å². The SMILES string of the molecule is CCCCCCCCC=CCCCCCCCC(=O)OC(COC(=O)C(C)CCCCCCCCCCCCC)COP(=O)([O-])OCC[N+](C)(C)C. The van der Waals surface area contributed by atoms with Gasteiger partial charge in [0, 0.05) is 6.42 Å². The molecule has 0 aliphatic rings. The van der Waals surface area contributed by atoms with E-state index >= 15 is 0 Å². The Labute approximate surface area is 320 Å². The van der Waals surface area contributed by atoms with Crippen LogP contribution in [-0.2, 0) is 32.7 Å². The van der Waals surface area contributed by atoms with E-state index in [1.54, 1.807) is 0 Å². The van der Waals surface area contributed by atoms with E-state index in [4.69, 9.17) is 18.5 Å². The Balaban J connectivity index is 4.51. The summed E-state index contributed by atoms with van der Waals surface area (Å²) in [5.74, 6) is -1.13. The molecule has 0 aliphatic carbocycles. The lowest BCUT2D eigenvalue weighted by atomic mass is 10.0. The number of hydrogen-bond acceptors (Lipinski definition) is 8. The number of esters is 2. The van der Waals surface area contributed by atoms with Gasteiger partial charge >= 0.3 is 11.9 Å². The molecule has 0 radical (unpaired) electrons. The van der Waals surface area contributed by atoms with E-state index in [0.29, 0.717) is 17.4 Å². The highest BCUT2D eigenvalue weighted by molar-refractivity contribution is 7.45. The number of unbranched alkanes of at least 4 members (excludes halogenated alkanes) is 21. The minimum atomic E-state index is -4.63. The summed E-state index contributed by atoms with van der Waals surface area (Å²) in [6.07, 6.45) is 33.3. The lowest BCUT2D eigenvalue weighted by molar-refractivity contribution is -0.870. The molecule has 0 saturated heterocycles. The first-order chi connectivity index (χ1) is 24.9. The molecular formula is C42H82NO8P. The molecule has 0 bridgehead atoms. The molecule has 10 heteroatoms. The third-order valence-electron chi connectivity index (χ3n) is 9.43. The lowest BCUT2D eigenvalue weighted by Gasteiger charge is -2.28. The largest absolute Gasteiger partial charge is 0.756 e. The number of phosphoric acid groups is 1. The molecule has 0 spiro atoms. The summed E-state index contributed by atoms with van der Waals surface area (Å²) in [6.45, 7) is 6.04. The van der Waals surface area contributed by atoms with Gasteiger partial charge in [0.2, 0.25) is 0 Å². The van der Waals surface area contributed by atoms with E-state index in [1.807, 2.05) is 28.1 Å². The predicted molar refractivity (Wildman–Crippen MR) is 213 cm³/mol. The van der Waals surface area contributed by atoms with Crippen molar-refractivity contribution < 1.29 is 42.1 Å². The standard InChI is InChI=1S/C42H82NO8P/c1-7-9-11-13-15-17-19-20-21-22-24-26-28-30-32-34-41(44)51-40(38-50-52(46,47)49-36-35-43(4,5)6)37-48-42(45)39(3)33-31-29-27-25-23-18-16-14-12-10-8-2/h20-21,39-40H,7-19,22-38H2,1-6H3. The van der Waals surface area contributed by atoms with Gasteiger partial charge in [-0.25, -0.2) is 0 Å². The van der Waals surface area contributed by atoms with Crippen molar-refractivity contribution in [3.8, 4) is 0 Å². The molecular weight excluding hydrogens is 677 g/mol. The third kappa shape index (κ3) is 35.8. The average Bonchev–Trinajstić information content (AvgIpc) is 3.09. The maximum absolute atomic E-state index is 12.8. The molecule has 52 heavy (non-hydrogen) atoms. The van der Waals surface area contributed by atoms with Crippen molar-refractivity contribution in [1.29, 1.82) is 0 Å². The van der Waals surface area contributed by atoms with Crippen LogP contribution in [0.5, 0.6) is 0 Å². The van der Waals surface area contributed by atoms with Crippen LogP contribution >= 0.6 is 7.82 Å². The van der Waals surface area contributed by atoms with Gasteiger partial charge in [-0.3, -0.25) is 14.2 Å². The van der Waals surface area contributed by atoms with Crippen molar-refractivity contribution >= 4 is 19.8 Å². The Kier molecular flexibility index (Phi) is 33.4. The molecule has 0 heterocycles. The molecule has 0 amide bonds. The highest BCUT2D eigenvalue weighted by Crippen LogP contribution is 2.38. The average molecular weight is 760 g/mol. The van der Waals surface area contributed by atoms with Gasteiger partial charge in [-0.15, -0.1) is 0 Å². The van der Waals surface area contributed by atoms with Crippen LogP contribution in [0.4, 0.5) is 0 Å². The fourth-order valence-electron chi connectivity index (χ4n) is 5.89. The van der Waals surface area contributed by atoms with Gasteiger partial charge in [0.25, 0.3) is 7.82 Å². The van der Waals surface area contributed by atoms with E-state index in [-0.39, 0.29) is 31.5 Å². The molecule has 0 aromatic carbocycles. The summed E-state index contributed by atoms with van der Waals surface area (Å²) in [7, 11) is 1.16. The van der Waals surface area contributed by atoms with Crippen LogP contribution in [0.15, 0.2) is 12.2 Å². The van der Waals surface area contributed by atoms with Crippen molar-refractivity contribution in [3.05, 3.63) is 12.2 Å². The van der Waals surface area contributed by atoms with Crippen LogP contribution in [-0.4, -0.2) is 70.0 Å². The number of allylic oxidation sites excluding steroid dienone is 2. The van der Waals surface area contributed by atoms with Crippen LogP contribution in [0.1, 0.15) is 188 Å². The second kappa shape index (κ2) is 34.3. The Hall–Kier alpha value is -1.25. The van der Waals surface area contributed by atoms with Gasteiger partial charge in [0.1, 0.15) is 19.8 Å². The molecule has 0 fully saturated rings. The summed E-state index contributed by atoms with van der Waals surface area (Å²) < 4.78 is 34.1. The number of likely N-dealkylation sites (N-methyl/N-ethyl adjacent to an activating group) is 1. The van der Waals surface area contributed by atoms with E-state index in [2.05, 4.69) is 26.0 Å². The molecule has 3 unspecified atom stereocenters.